The van der Waals surface area contributed by atoms with Crippen molar-refractivity contribution < 1.29 is 40.9 Å². The second-order valence-corrected chi connectivity index (χ2v) is 4.65. The van der Waals surface area contributed by atoms with Crippen molar-refractivity contribution in [2.24, 2.45) is 0 Å². The van der Waals surface area contributed by atoms with E-state index in [2.05, 4.69) is 0 Å². The van der Waals surface area contributed by atoms with Crippen LogP contribution in [0.5, 0.6) is 0 Å². The van der Waals surface area contributed by atoms with Gasteiger partial charge in [-0.25, -0.2) is 9.59 Å². The molecule has 1 aliphatic carbocycles. The molecule has 0 aliphatic heterocycles. The molecule has 0 saturated heterocycles. The van der Waals surface area contributed by atoms with Gasteiger partial charge in [-0.1, -0.05) is 37.8 Å². The number of hydrogen-bond donors (Lipinski definition) is 2. The quantitative estimate of drug-likeness (QED) is 0.683. The Morgan fingerprint density at radius 3 is 1.48 bits per heavy atom. The molecule has 2 atom stereocenters. The Balaban J connectivity index is 0.000000390. The van der Waals surface area contributed by atoms with Gasteiger partial charge in [0.25, 0.3) is 0 Å². The molecule has 7 heteroatoms. The van der Waals surface area contributed by atoms with Crippen molar-refractivity contribution in [2.75, 3.05) is 0 Å². The average Bonchev–Trinajstić information content (AvgIpc) is 2.43. The Hall–Kier alpha value is -1.23. The molecule has 2 unspecified atom stereocenters. The Bertz CT molecular complexity index is 439. The van der Waals surface area contributed by atoms with Gasteiger partial charge in [0, 0.05) is 0 Å². The van der Waals surface area contributed by atoms with E-state index in [1.54, 1.807) is 0 Å². The van der Waals surface area contributed by atoms with Gasteiger partial charge in [0.15, 0.2) is 0 Å². The third kappa shape index (κ3) is 6.38. The normalized spacial score (nSPS) is 20.5. The molecule has 1 aromatic carbocycles. The van der Waals surface area contributed by atoms with Crippen molar-refractivity contribution in [3.05, 3.63) is 46.9 Å². The summed E-state index contributed by atoms with van der Waals surface area (Å²) in [6, 6.07) is 5.32. The topological polar surface area (TPSA) is 122 Å². The summed E-state index contributed by atoms with van der Waals surface area (Å²) in [5.41, 5.74) is 14.2. The zero-order chi connectivity index (χ0) is 15.1. The van der Waals surface area contributed by atoms with Crippen LogP contribution in [0.2, 0.25) is 0 Å². The summed E-state index contributed by atoms with van der Waals surface area (Å²) in [4.78, 5) is 20.9. The first-order valence-electron chi connectivity index (χ1n) is 6.41. The minimum Gasteiger partial charge on any atom is -0.676 e. The maximum atomic E-state index is 10.5. The third-order valence-corrected chi connectivity index (χ3v) is 3.15. The zero-order valence-corrected chi connectivity index (χ0v) is 13.6. The van der Waals surface area contributed by atoms with E-state index in [0.29, 0.717) is 0 Å². The Morgan fingerprint density at radius 2 is 1.24 bits per heavy atom. The van der Waals surface area contributed by atoms with Crippen LogP contribution in [0.4, 0.5) is 0 Å². The van der Waals surface area contributed by atoms with E-state index in [-0.39, 0.29) is 44.3 Å². The maximum Gasteiger partial charge on any atom is 2.00 e. The second-order valence-electron chi connectivity index (χ2n) is 4.65. The molecule has 6 nitrogen and oxygen atoms in total. The monoisotopic (exact) mass is 473 g/mol. The van der Waals surface area contributed by atoms with Crippen molar-refractivity contribution in [1.29, 1.82) is 0 Å². The van der Waals surface area contributed by atoms with Crippen LogP contribution >= 0.6 is 0 Å². The summed E-state index contributed by atoms with van der Waals surface area (Å²) < 4.78 is 0. The van der Waals surface area contributed by atoms with Gasteiger partial charge in [0.1, 0.15) is 0 Å². The standard InChI is InChI=1S/C8H6O4.C6H12N2.Pt/c9-7(10)5-3-1-2-4-6(5)8(11)12;7-5-3-1-2-4-6(5)8;/h1-4H,(H,9,10)(H,11,12);5-8H,1-4H2;/q;-2;+2. The van der Waals surface area contributed by atoms with Crippen LogP contribution in [0, 0.1) is 0 Å². The molecular weight excluding hydrogens is 455 g/mol. The van der Waals surface area contributed by atoms with Crippen LogP contribution in [-0.2, 0) is 21.1 Å². The van der Waals surface area contributed by atoms with Gasteiger partial charge in [-0.15, -0.1) is 0 Å². The molecule has 1 saturated carbocycles. The van der Waals surface area contributed by atoms with Crippen LogP contribution < -0.4 is 0 Å². The molecule has 0 amide bonds. The molecule has 1 fully saturated rings. The Labute approximate surface area is 137 Å². The number of aromatic carboxylic acids is 2. The summed E-state index contributed by atoms with van der Waals surface area (Å²) in [6.45, 7) is 0. The van der Waals surface area contributed by atoms with Crippen LogP contribution in [0.1, 0.15) is 46.4 Å². The van der Waals surface area contributed by atoms with Crippen molar-refractivity contribution >= 4 is 11.9 Å². The fourth-order valence-electron chi connectivity index (χ4n) is 1.99. The van der Waals surface area contributed by atoms with Crippen molar-refractivity contribution in [2.45, 2.75) is 37.8 Å². The fraction of sp³-hybridized carbons (Fsp3) is 0.429. The number of benzene rings is 1. The van der Waals surface area contributed by atoms with E-state index < -0.39 is 11.9 Å². The predicted octanol–water partition coefficient (Wildman–Crippen LogP) is 3.48. The molecule has 0 bridgehead atoms. The molecule has 118 valence electrons. The van der Waals surface area contributed by atoms with Crippen LogP contribution in [0.3, 0.4) is 0 Å². The molecule has 0 spiro atoms. The number of carboxylic acid groups (broad SMARTS) is 2. The first kappa shape index (κ1) is 19.8. The SMILES string of the molecule is O=C(O)c1ccccc1C(=O)O.[NH-]C1CCCCC1[NH-].[Pt+2]. The molecule has 4 N–H and O–H groups in total. The third-order valence-electron chi connectivity index (χ3n) is 3.15. The van der Waals surface area contributed by atoms with Crippen LogP contribution in [-0.4, -0.2) is 34.2 Å². The largest absolute Gasteiger partial charge is 2.00 e. The fourth-order valence-corrected chi connectivity index (χ4v) is 1.99. The summed E-state index contributed by atoms with van der Waals surface area (Å²) in [5.74, 6) is -2.46. The van der Waals surface area contributed by atoms with Crippen molar-refractivity contribution in [1.82, 2.24) is 0 Å². The zero-order valence-electron chi connectivity index (χ0n) is 11.3. The summed E-state index contributed by atoms with van der Waals surface area (Å²) in [6.07, 6.45) is 4.25. The van der Waals surface area contributed by atoms with Crippen molar-refractivity contribution in [3.8, 4) is 0 Å². The molecular formula is C14H18N2O4Pt. The minimum absolute atomic E-state index is 0. The van der Waals surface area contributed by atoms with E-state index in [1.807, 2.05) is 0 Å². The molecule has 21 heavy (non-hydrogen) atoms. The maximum absolute atomic E-state index is 10.5. The smallest absolute Gasteiger partial charge is 0.676 e. The van der Waals surface area contributed by atoms with Gasteiger partial charge < -0.3 is 21.7 Å². The summed E-state index contributed by atoms with van der Waals surface area (Å²) in [5, 5.41) is 17.1. The molecule has 0 radical (unpaired) electrons. The molecule has 1 aliphatic rings. The first-order valence-corrected chi connectivity index (χ1v) is 6.41. The predicted molar refractivity (Wildman–Crippen MR) is 75.0 cm³/mol. The molecule has 0 aromatic heterocycles. The van der Waals surface area contributed by atoms with E-state index >= 15 is 0 Å². The minimum atomic E-state index is -1.23. The average molecular weight is 473 g/mol. The van der Waals surface area contributed by atoms with Gasteiger partial charge in [-0.2, -0.15) is 12.1 Å². The molecule has 0 heterocycles. The molecule has 2 rings (SSSR count). The molecule has 1 aromatic rings. The van der Waals surface area contributed by atoms with E-state index in [9.17, 15) is 9.59 Å². The number of carbonyl (C=O) groups is 2. The Morgan fingerprint density at radius 1 is 0.905 bits per heavy atom. The first-order chi connectivity index (χ1) is 9.43. The van der Waals surface area contributed by atoms with Crippen LogP contribution in [0.15, 0.2) is 24.3 Å². The number of rotatable bonds is 2. The van der Waals surface area contributed by atoms with E-state index in [0.717, 1.165) is 12.8 Å². The summed E-state index contributed by atoms with van der Waals surface area (Å²) in [7, 11) is 0. The van der Waals surface area contributed by atoms with Gasteiger partial charge in [-0.3, -0.25) is 0 Å². The van der Waals surface area contributed by atoms with Crippen molar-refractivity contribution in [3.63, 3.8) is 0 Å². The van der Waals surface area contributed by atoms with Gasteiger partial charge in [0.05, 0.1) is 11.1 Å². The number of nitrogens with one attached hydrogen (secondary N) is 2. The Kier molecular flexibility index (Phi) is 9.09. The number of hydrogen-bond acceptors (Lipinski definition) is 2. The number of carboxylic acids is 2. The van der Waals surface area contributed by atoms with Gasteiger partial charge >= 0.3 is 33.0 Å². The van der Waals surface area contributed by atoms with Gasteiger partial charge in [-0.05, 0) is 12.1 Å². The van der Waals surface area contributed by atoms with E-state index in [4.69, 9.17) is 21.7 Å². The second kappa shape index (κ2) is 9.66. The van der Waals surface area contributed by atoms with E-state index in [1.165, 1.54) is 37.1 Å². The van der Waals surface area contributed by atoms with Crippen LogP contribution in [0.25, 0.3) is 11.5 Å². The summed E-state index contributed by atoms with van der Waals surface area (Å²) >= 11 is 0. The van der Waals surface area contributed by atoms with Gasteiger partial charge in [0.2, 0.25) is 0 Å².